The summed E-state index contributed by atoms with van der Waals surface area (Å²) in [6, 6.07) is 83.1. The summed E-state index contributed by atoms with van der Waals surface area (Å²) in [6.45, 7) is 0. The molecule has 0 N–H and O–H groups in total. The van der Waals surface area contributed by atoms with Gasteiger partial charge in [-0.15, -0.1) is 11.1 Å². The minimum absolute atomic E-state index is 0. The van der Waals surface area contributed by atoms with E-state index in [0.29, 0.717) is 0 Å². The van der Waals surface area contributed by atoms with Gasteiger partial charge in [-0.05, 0) is 103 Å². The number of pyridine rings is 6. The molecule has 6 aromatic carbocycles. The van der Waals surface area contributed by atoms with E-state index in [1.54, 1.807) is 12.4 Å². The van der Waals surface area contributed by atoms with Crippen molar-refractivity contribution >= 4 is 35.0 Å². The molecule has 0 amide bonds. The van der Waals surface area contributed by atoms with Crippen LogP contribution in [0, 0.1) is 12.1 Å². The van der Waals surface area contributed by atoms with Gasteiger partial charge >= 0.3 is 77.2 Å². The molecule has 0 spiro atoms. The Morgan fingerprint density at radius 2 is 0.677 bits per heavy atom. The third kappa shape index (κ3) is 7.66. The van der Waals surface area contributed by atoms with Crippen LogP contribution in [0.5, 0.6) is 0 Å². The van der Waals surface area contributed by atoms with Crippen molar-refractivity contribution in [3.63, 3.8) is 0 Å². The van der Waals surface area contributed by atoms with Crippen molar-refractivity contribution in [2.75, 3.05) is 14.1 Å². The van der Waals surface area contributed by atoms with E-state index in [9.17, 15) is 0 Å². The number of hydrogen-bond donors (Lipinski definition) is 0. The largest absolute Gasteiger partial charge is 2.00 e. The fourth-order valence-corrected chi connectivity index (χ4v) is 16.4. The van der Waals surface area contributed by atoms with Crippen LogP contribution in [0.1, 0.15) is 78.1 Å². The van der Waals surface area contributed by atoms with Gasteiger partial charge < -0.3 is 20.4 Å². The Balaban J connectivity index is 0.000000142. The van der Waals surface area contributed by atoms with Gasteiger partial charge in [0.25, 0.3) is 0 Å². The molecule has 0 radical (unpaired) electrons. The monoisotopic (exact) mass is 1600 g/mol. The average Bonchev–Trinajstić information content (AvgIpc) is 1.53. The van der Waals surface area contributed by atoms with Crippen LogP contribution in [-0.2, 0) is 64.0 Å². The second kappa shape index (κ2) is 22.2. The Kier molecular flexibility index (Phi) is 13.6. The summed E-state index contributed by atoms with van der Waals surface area (Å²) in [5.41, 5.74) is 21.9. The molecule has 16 heteroatoms. The Bertz CT molecular complexity index is 5160. The maximum Gasteiger partial charge on any atom is 2.00 e. The first-order valence-corrected chi connectivity index (χ1v) is 31.1. The number of aromatic nitrogens is 10. The summed E-state index contributed by atoms with van der Waals surface area (Å²) >= 11 is 0. The van der Waals surface area contributed by atoms with Gasteiger partial charge in [0.2, 0.25) is 11.1 Å². The summed E-state index contributed by atoms with van der Waals surface area (Å²) in [6.07, 6.45) is 22.6. The molecule has 96 heavy (non-hydrogen) atoms. The predicted molar refractivity (Wildman–Crippen MR) is 352 cm³/mol. The molecule has 8 aromatic heterocycles. The van der Waals surface area contributed by atoms with Crippen LogP contribution in [0.15, 0.2) is 268 Å². The molecule has 4 atom stereocenters. The molecule has 0 saturated heterocycles. The van der Waals surface area contributed by atoms with E-state index in [1.807, 2.05) is 109 Å². The number of benzene rings is 6. The molecule has 10 heterocycles. The first-order chi connectivity index (χ1) is 46.5. The topological polar surface area (TPSA) is 143 Å². The minimum atomic E-state index is -0.876. The van der Waals surface area contributed by atoms with Crippen LogP contribution >= 0.6 is 0 Å². The zero-order chi connectivity index (χ0) is 62.3. The Labute approximate surface area is 580 Å². The summed E-state index contributed by atoms with van der Waals surface area (Å²) in [4.78, 5) is 28.5. The number of fused-ring (bicyclic) bond motifs is 14. The van der Waals surface area contributed by atoms with Crippen LogP contribution in [0.25, 0.3) is 44.5 Å². The Hall–Kier alpha value is -11.2. The molecule has 0 bridgehead atoms. The van der Waals surface area contributed by atoms with Gasteiger partial charge in [0.1, 0.15) is 0 Å². The van der Waals surface area contributed by atoms with E-state index in [4.69, 9.17) is 30.1 Å². The quantitative estimate of drug-likeness (QED) is 0.107. The second-order valence-electron chi connectivity index (χ2n) is 24.3. The zero-order valence-corrected chi connectivity index (χ0v) is 55.8. The molecule has 6 aliphatic rings. The molecular formula is C80H50N14Pt2+4. The van der Waals surface area contributed by atoms with Gasteiger partial charge in [0.15, 0.2) is 14.1 Å². The van der Waals surface area contributed by atoms with E-state index in [0.717, 1.165) is 146 Å². The van der Waals surface area contributed by atoms with Gasteiger partial charge in [-0.25, -0.2) is 0 Å². The third-order valence-electron chi connectivity index (χ3n) is 20.1. The van der Waals surface area contributed by atoms with Crippen LogP contribution < -0.4 is 10.2 Å². The van der Waals surface area contributed by atoms with Crippen molar-refractivity contribution in [2.45, 2.75) is 21.9 Å². The van der Waals surface area contributed by atoms with E-state index < -0.39 is 21.9 Å². The molecule has 4 unspecified atom stereocenters. The van der Waals surface area contributed by atoms with Crippen molar-refractivity contribution in [1.29, 1.82) is 0 Å². The predicted octanol–water partition coefficient (Wildman–Crippen LogP) is 12.9. The van der Waals surface area contributed by atoms with Crippen LogP contribution in [0.3, 0.4) is 0 Å². The van der Waals surface area contributed by atoms with Crippen molar-refractivity contribution in [2.24, 2.45) is 0 Å². The van der Waals surface area contributed by atoms with E-state index in [2.05, 4.69) is 223 Å². The van der Waals surface area contributed by atoms with Gasteiger partial charge in [-0.2, -0.15) is 70.9 Å². The molecule has 20 rings (SSSR count). The van der Waals surface area contributed by atoms with Crippen molar-refractivity contribution in [3.8, 4) is 44.5 Å². The summed E-state index contributed by atoms with van der Waals surface area (Å²) in [7, 11) is 4.03. The van der Waals surface area contributed by atoms with E-state index >= 15 is 0 Å². The molecule has 0 saturated carbocycles. The van der Waals surface area contributed by atoms with Crippen LogP contribution in [-0.4, -0.2) is 84.5 Å². The molecule has 0 fully saturated rings. The molecule has 14 nitrogen and oxygen atoms in total. The molecule has 2 aliphatic heterocycles. The van der Waals surface area contributed by atoms with Crippen molar-refractivity contribution < 1.29 is 60.4 Å². The van der Waals surface area contributed by atoms with Gasteiger partial charge in [-0.1, -0.05) is 139 Å². The standard InChI is InChI=1S/2C40H25N7.2Pt/c2*1-46-25-47(38-36(46)14-7-18-43-38)40(33-13-5-3-11-29(33)31-16-20-42-24-35(31)40)27-9-6-8-26(22-27)39(37-17-21-44-45-37)32-12-4-2-10-28(32)30-15-19-41-23-34(30)39;;/h2*2-21,23-24H,1H3;;/q;;2*+2. The number of nitrogens with zero attached hydrogens (tertiary/aromatic N) is 14. The molecule has 14 aromatic rings. The van der Waals surface area contributed by atoms with Crippen molar-refractivity contribution in [3.05, 3.63) is 359 Å². The fraction of sp³-hybridized carbons (Fsp3) is 0.0750. The summed E-state index contributed by atoms with van der Waals surface area (Å²) < 4.78 is 8.39. The van der Waals surface area contributed by atoms with Crippen LogP contribution in [0.4, 0.5) is 23.0 Å². The summed E-state index contributed by atoms with van der Waals surface area (Å²) in [5, 5.41) is 18.1. The van der Waals surface area contributed by atoms with Crippen LogP contribution in [0.2, 0.25) is 0 Å². The molecule has 4 aliphatic carbocycles. The van der Waals surface area contributed by atoms with Gasteiger partial charge in [0, 0.05) is 96.6 Å². The number of hydrogen-bond acceptors (Lipinski definition) is 8. The SMILES string of the molecule is C[N+]1=C=[N+](C2(c3[c-]c(C4(c5cc[n-]n5)c5ccccc5-c5ccncc54)ccc3)c3ccccc3-c3ccncc32)c2ncccc21.C[N+]1=C=[N+](C2(c3[c-]c(C4(c5cc[n-]n5)c5ccccc5-c5ccncc54)ccc3)c3ccccc3-c3ccncc32)c2ncccc21.[Pt+2].[Pt+2]. The number of rotatable bonds is 8. The first kappa shape index (κ1) is 58.6. The average molecular weight is 1600 g/mol. The molecular weight excluding hydrogens is 1550 g/mol. The Morgan fingerprint density at radius 3 is 1.07 bits per heavy atom. The first-order valence-electron chi connectivity index (χ1n) is 31.1. The maximum absolute atomic E-state index is 4.93. The maximum atomic E-state index is 4.93. The normalized spacial score (nSPS) is 19.3. The van der Waals surface area contributed by atoms with E-state index in [1.165, 1.54) is 0 Å². The van der Waals surface area contributed by atoms with Crippen molar-refractivity contribution in [1.82, 2.24) is 50.3 Å². The minimum Gasteiger partial charge on any atom is -0.581 e. The third-order valence-corrected chi connectivity index (χ3v) is 20.1. The zero-order valence-electron chi connectivity index (χ0n) is 51.3. The smallest absolute Gasteiger partial charge is 0.581 e. The molecule has 456 valence electrons. The van der Waals surface area contributed by atoms with E-state index in [-0.39, 0.29) is 42.1 Å². The fourth-order valence-electron chi connectivity index (χ4n) is 16.4. The summed E-state index contributed by atoms with van der Waals surface area (Å²) in [5.74, 6) is 1.63. The second-order valence-corrected chi connectivity index (χ2v) is 24.3. The Morgan fingerprint density at radius 1 is 0.333 bits per heavy atom. The van der Waals surface area contributed by atoms with Gasteiger partial charge in [-0.3, -0.25) is 19.9 Å². The van der Waals surface area contributed by atoms with Gasteiger partial charge in [0.05, 0.1) is 22.0 Å².